The molecule has 2 rings (SSSR count). The lowest BCUT2D eigenvalue weighted by Crippen LogP contribution is -2.33. The summed E-state index contributed by atoms with van der Waals surface area (Å²) in [6, 6.07) is 7.35. The van der Waals surface area contributed by atoms with Gasteiger partial charge in [0.2, 0.25) is 6.29 Å². The standard InChI is InChI=1S/C19H29FO2/c1-4-18(20)15-10-12-17(13-11-15)22-19(21-14(2)3)16-8-6-5-7-9-16/h10-14,16,18-19H,4-9H2,1-3H3. The molecule has 0 bridgehead atoms. The van der Waals surface area contributed by atoms with E-state index in [4.69, 9.17) is 9.47 Å². The molecular weight excluding hydrogens is 279 g/mol. The molecule has 1 aliphatic rings. The molecule has 0 N–H and O–H groups in total. The van der Waals surface area contributed by atoms with E-state index in [-0.39, 0.29) is 12.4 Å². The molecule has 124 valence electrons. The van der Waals surface area contributed by atoms with E-state index in [0.717, 1.165) is 18.6 Å². The molecule has 0 spiro atoms. The lowest BCUT2D eigenvalue weighted by atomic mass is 9.88. The van der Waals surface area contributed by atoms with Crippen molar-refractivity contribution < 1.29 is 13.9 Å². The molecule has 2 atom stereocenters. The van der Waals surface area contributed by atoms with Crippen molar-refractivity contribution in [2.24, 2.45) is 5.92 Å². The third kappa shape index (κ3) is 4.98. The van der Waals surface area contributed by atoms with Gasteiger partial charge in [0.25, 0.3) is 0 Å². The number of rotatable bonds is 7. The Labute approximate surface area is 134 Å². The van der Waals surface area contributed by atoms with Crippen LogP contribution in [0.2, 0.25) is 0 Å². The fourth-order valence-corrected chi connectivity index (χ4v) is 3.03. The second kappa shape index (κ2) is 8.52. The molecule has 0 aliphatic heterocycles. The van der Waals surface area contributed by atoms with Crippen LogP contribution in [0.25, 0.3) is 0 Å². The highest BCUT2D eigenvalue weighted by Gasteiger charge is 2.27. The Kier molecular flexibility index (Phi) is 6.69. The van der Waals surface area contributed by atoms with Crippen molar-refractivity contribution in [3.8, 4) is 5.75 Å². The number of hydrogen-bond acceptors (Lipinski definition) is 2. The zero-order valence-electron chi connectivity index (χ0n) is 14.1. The highest BCUT2D eigenvalue weighted by atomic mass is 19.1. The Morgan fingerprint density at radius 3 is 2.27 bits per heavy atom. The summed E-state index contributed by atoms with van der Waals surface area (Å²) in [5, 5.41) is 0. The summed E-state index contributed by atoms with van der Waals surface area (Å²) in [4.78, 5) is 0. The predicted molar refractivity (Wildman–Crippen MR) is 87.8 cm³/mol. The zero-order chi connectivity index (χ0) is 15.9. The first-order valence-corrected chi connectivity index (χ1v) is 8.66. The number of hydrogen-bond donors (Lipinski definition) is 0. The number of halogens is 1. The van der Waals surface area contributed by atoms with Crippen LogP contribution < -0.4 is 4.74 Å². The van der Waals surface area contributed by atoms with Gasteiger partial charge in [-0.2, -0.15) is 0 Å². The highest BCUT2D eigenvalue weighted by Crippen LogP contribution is 2.31. The summed E-state index contributed by atoms with van der Waals surface area (Å²) in [5.74, 6) is 1.23. The summed E-state index contributed by atoms with van der Waals surface area (Å²) < 4.78 is 25.7. The van der Waals surface area contributed by atoms with Gasteiger partial charge in [0.1, 0.15) is 11.9 Å². The SMILES string of the molecule is CCC(F)c1ccc(OC(OC(C)C)C2CCCCC2)cc1. The fraction of sp³-hybridized carbons (Fsp3) is 0.684. The van der Waals surface area contributed by atoms with Crippen molar-refractivity contribution in [3.63, 3.8) is 0 Å². The van der Waals surface area contributed by atoms with Crippen molar-refractivity contribution >= 4 is 0 Å². The van der Waals surface area contributed by atoms with Crippen molar-refractivity contribution in [2.45, 2.75) is 77.9 Å². The maximum Gasteiger partial charge on any atom is 0.202 e. The van der Waals surface area contributed by atoms with Crippen LogP contribution in [0.4, 0.5) is 4.39 Å². The molecule has 1 aliphatic carbocycles. The van der Waals surface area contributed by atoms with Crippen LogP contribution in [0.1, 0.15) is 71.0 Å². The van der Waals surface area contributed by atoms with Crippen LogP contribution in [-0.4, -0.2) is 12.4 Å². The second-order valence-corrected chi connectivity index (χ2v) is 6.51. The minimum absolute atomic E-state index is 0.140. The predicted octanol–water partition coefficient (Wildman–Crippen LogP) is 5.82. The summed E-state index contributed by atoms with van der Waals surface area (Å²) in [6.45, 7) is 5.93. The smallest absolute Gasteiger partial charge is 0.202 e. The van der Waals surface area contributed by atoms with Gasteiger partial charge < -0.3 is 9.47 Å². The normalized spacial score (nSPS) is 19.1. The quantitative estimate of drug-likeness (QED) is 0.591. The van der Waals surface area contributed by atoms with Gasteiger partial charge in [-0.05, 0) is 50.8 Å². The molecule has 2 nitrogen and oxygen atoms in total. The monoisotopic (exact) mass is 308 g/mol. The van der Waals surface area contributed by atoms with Crippen molar-refractivity contribution in [2.75, 3.05) is 0 Å². The van der Waals surface area contributed by atoms with Gasteiger partial charge >= 0.3 is 0 Å². The van der Waals surface area contributed by atoms with E-state index < -0.39 is 6.17 Å². The van der Waals surface area contributed by atoms with Crippen LogP contribution >= 0.6 is 0 Å². The highest BCUT2D eigenvalue weighted by molar-refractivity contribution is 5.28. The largest absolute Gasteiger partial charge is 0.465 e. The van der Waals surface area contributed by atoms with E-state index in [1.165, 1.54) is 19.3 Å². The van der Waals surface area contributed by atoms with E-state index >= 15 is 0 Å². The van der Waals surface area contributed by atoms with E-state index in [1.807, 2.05) is 45.0 Å². The maximum atomic E-state index is 13.7. The van der Waals surface area contributed by atoms with Crippen LogP contribution in [0.15, 0.2) is 24.3 Å². The van der Waals surface area contributed by atoms with E-state index in [2.05, 4.69) is 0 Å². The summed E-state index contributed by atoms with van der Waals surface area (Å²) in [6.07, 6.45) is 5.71. The molecule has 0 radical (unpaired) electrons. The molecule has 0 heterocycles. The molecule has 2 unspecified atom stereocenters. The van der Waals surface area contributed by atoms with Crippen LogP contribution in [0.5, 0.6) is 5.75 Å². The van der Waals surface area contributed by atoms with E-state index in [0.29, 0.717) is 17.9 Å². The van der Waals surface area contributed by atoms with Gasteiger partial charge in [-0.3, -0.25) is 0 Å². The Hall–Kier alpha value is -1.09. The van der Waals surface area contributed by atoms with E-state index in [1.54, 1.807) is 0 Å². The molecule has 1 aromatic rings. The van der Waals surface area contributed by atoms with Gasteiger partial charge in [-0.25, -0.2) is 4.39 Å². The van der Waals surface area contributed by atoms with Gasteiger partial charge in [0.05, 0.1) is 6.10 Å². The molecule has 3 heteroatoms. The zero-order valence-corrected chi connectivity index (χ0v) is 14.1. The Bertz CT molecular complexity index is 424. The molecule has 1 saturated carbocycles. The number of alkyl halides is 1. The minimum atomic E-state index is -0.893. The van der Waals surface area contributed by atoms with Crippen molar-refractivity contribution in [3.05, 3.63) is 29.8 Å². The lowest BCUT2D eigenvalue weighted by Gasteiger charge is -2.31. The maximum absolute atomic E-state index is 13.7. The summed E-state index contributed by atoms with van der Waals surface area (Å²) in [7, 11) is 0. The van der Waals surface area contributed by atoms with Crippen molar-refractivity contribution in [1.29, 1.82) is 0 Å². The molecule has 1 aromatic carbocycles. The average Bonchev–Trinajstić information content (AvgIpc) is 2.54. The Morgan fingerprint density at radius 2 is 1.73 bits per heavy atom. The Morgan fingerprint density at radius 1 is 1.09 bits per heavy atom. The summed E-state index contributed by atoms with van der Waals surface area (Å²) >= 11 is 0. The third-order valence-corrected chi connectivity index (χ3v) is 4.29. The van der Waals surface area contributed by atoms with Crippen LogP contribution in [0, 0.1) is 5.92 Å². The molecule has 1 fully saturated rings. The topological polar surface area (TPSA) is 18.5 Å². The van der Waals surface area contributed by atoms with Crippen LogP contribution in [-0.2, 0) is 4.74 Å². The van der Waals surface area contributed by atoms with Gasteiger partial charge in [0, 0.05) is 5.92 Å². The molecule has 22 heavy (non-hydrogen) atoms. The first-order valence-electron chi connectivity index (χ1n) is 8.66. The second-order valence-electron chi connectivity index (χ2n) is 6.51. The van der Waals surface area contributed by atoms with Gasteiger partial charge in [-0.1, -0.05) is 38.3 Å². The number of benzene rings is 1. The lowest BCUT2D eigenvalue weighted by molar-refractivity contribution is -0.145. The molecular formula is C19H29FO2. The first-order chi connectivity index (χ1) is 10.6. The van der Waals surface area contributed by atoms with E-state index in [9.17, 15) is 4.39 Å². The molecule has 0 amide bonds. The van der Waals surface area contributed by atoms with Crippen LogP contribution in [0.3, 0.4) is 0 Å². The Balaban J connectivity index is 2.02. The molecule has 0 saturated heterocycles. The minimum Gasteiger partial charge on any atom is -0.465 e. The van der Waals surface area contributed by atoms with Gasteiger partial charge in [-0.15, -0.1) is 0 Å². The third-order valence-electron chi connectivity index (χ3n) is 4.29. The van der Waals surface area contributed by atoms with Gasteiger partial charge in [0.15, 0.2) is 0 Å². The van der Waals surface area contributed by atoms with Crippen molar-refractivity contribution in [1.82, 2.24) is 0 Å². The molecule has 0 aromatic heterocycles. The number of ether oxygens (including phenoxy) is 2. The average molecular weight is 308 g/mol. The fourth-order valence-electron chi connectivity index (χ4n) is 3.03. The summed E-state index contributed by atoms with van der Waals surface area (Å²) in [5.41, 5.74) is 0.717. The first kappa shape index (κ1) is 17.3.